The molecule has 2 rings (SSSR count). The van der Waals surface area contributed by atoms with E-state index in [9.17, 15) is 5.11 Å². The average molecular weight is 191 g/mol. The van der Waals surface area contributed by atoms with Crippen LogP contribution in [-0.4, -0.2) is 11.2 Å². The predicted octanol–water partition coefficient (Wildman–Crippen LogP) is 2.29. The zero-order valence-corrected chi connectivity index (χ0v) is 8.32. The molecule has 0 amide bonds. The summed E-state index contributed by atoms with van der Waals surface area (Å²) in [7, 11) is 0. The first-order chi connectivity index (χ1) is 6.75. The summed E-state index contributed by atoms with van der Waals surface area (Å²) >= 11 is 0. The van der Waals surface area contributed by atoms with Crippen LogP contribution < -0.4 is 5.73 Å². The van der Waals surface area contributed by atoms with Crippen molar-refractivity contribution in [3.05, 3.63) is 29.8 Å². The van der Waals surface area contributed by atoms with E-state index in [1.54, 1.807) is 0 Å². The zero-order valence-electron chi connectivity index (χ0n) is 8.32. The highest BCUT2D eigenvalue weighted by molar-refractivity contribution is 5.40. The molecule has 2 atom stereocenters. The fourth-order valence-electron chi connectivity index (χ4n) is 2.23. The lowest BCUT2D eigenvalue weighted by Crippen LogP contribution is -2.18. The van der Waals surface area contributed by atoms with Crippen LogP contribution in [0.4, 0.5) is 5.69 Å². The maximum atomic E-state index is 9.57. The van der Waals surface area contributed by atoms with E-state index in [-0.39, 0.29) is 6.10 Å². The van der Waals surface area contributed by atoms with E-state index in [0.717, 1.165) is 24.9 Å². The third-order valence-corrected chi connectivity index (χ3v) is 3.05. The highest BCUT2D eigenvalue weighted by Crippen LogP contribution is 2.32. The Labute approximate surface area is 84.7 Å². The number of anilines is 1. The molecule has 1 aromatic carbocycles. The number of aliphatic hydroxyl groups is 1. The lowest BCUT2D eigenvalue weighted by atomic mass is 9.82. The van der Waals surface area contributed by atoms with Crippen LogP contribution >= 0.6 is 0 Å². The Kier molecular flexibility index (Phi) is 2.73. The summed E-state index contributed by atoms with van der Waals surface area (Å²) in [4.78, 5) is 0. The molecule has 1 fully saturated rings. The van der Waals surface area contributed by atoms with E-state index < -0.39 is 0 Å². The van der Waals surface area contributed by atoms with Crippen LogP contribution in [0.5, 0.6) is 0 Å². The standard InChI is InChI=1S/C12H17NO/c13-11-6-4-9(5-7-11)10-2-1-3-12(14)8-10/h4-7,10,12,14H,1-3,8,13H2/t10-,12-/m1/s1. The highest BCUT2D eigenvalue weighted by atomic mass is 16.3. The number of aliphatic hydroxyl groups excluding tert-OH is 1. The average Bonchev–Trinajstić information content (AvgIpc) is 2.19. The Morgan fingerprint density at radius 3 is 2.50 bits per heavy atom. The normalized spacial score (nSPS) is 27.5. The third-order valence-electron chi connectivity index (χ3n) is 3.05. The maximum Gasteiger partial charge on any atom is 0.0546 e. The Hall–Kier alpha value is -1.02. The molecule has 76 valence electrons. The highest BCUT2D eigenvalue weighted by Gasteiger charge is 2.21. The van der Waals surface area contributed by atoms with Crippen molar-refractivity contribution in [2.45, 2.75) is 37.7 Å². The number of hydrogen-bond donors (Lipinski definition) is 2. The number of rotatable bonds is 1. The minimum absolute atomic E-state index is 0.105. The second-order valence-corrected chi connectivity index (χ2v) is 4.18. The van der Waals surface area contributed by atoms with Crippen LogP contribution in [0, 0.1) is 0 Å². The second-order valence-electron chi connectivity index (χ2n) is 4.18. The van der Waals surface area contributed by atoms with Gasteiger partial charge in [0.25, 0.3) is 0 Å². The van der Waals surface area contributed by atoms with Crippen LogP contribution in [0.15, 0.2) is 24.3 Å². The molecular weight excluding hydrogens is 174 g/mol. The molecule has 0 aliphatic heterocycles. The molecular formula is C12H17NO. The smallest absolute Gasteiger partial charge is 0.0546 e. The van der Waals surface area contributed by atoms with Crippen LogP contribution in [0.1, 0.15) is 37.2 Å². The lowest BCUT2D eigenvalue weighted by Gasteiger charge is -2.26. The minimum atomic E-state index is -0.105. The van der Waals surface area contributed by atoms with E-state index >= 15 is 0 Å². The van der Waals surface area contributed by atoms with Crippen molar-refractivity contribution in [1.82, 2.24) is 0 Å². The Bertz CT molecular complexity index is 294. The van der Waals surface area contributed by atoms with Gasteiger partial charge in [0.05, 0.1) is 6.10 Å². The van der Waals surface area contributed by atoms with Crippen LogP contribution in [0.3, 0.4) is 0 Å². The summed E-state index contributed by atoms with van der Waals surface area (Å²) in [6.07, 6.45) is 4.10. The van der Waals surface area contributed by atoms with Gasteiger partial charge in [0, 0.05) is 5.69 Å². The van der Waals surface area contributed by atoms with Crippen molar-refractivity contribution in [3.8, 4) is 0 Å². The van der Waals surface area contributed by atoms with Crippen molar-refractivity contribution < 1.29 is 5.11 Å². The van der Waals surface area contributed by atoms with Gasteiger partial charge in [-0.15, -0.1) is 0 Å². The molecule has 0 saturated heterocycles. The van der Waals surface area contributed by atoms with Crippen LogP contribution in [0.25, 0.3) is 0 Å². The van der Waals surface area contributed by atoms with Gasteiger partial charge in [-0.3, -0.25) is 0 Å². The van der Waals surface area contributed by atoms with Crippen LogP contribution in [0.2, 0.25) is 0 Å². The van der Waals surface area contributed by atoms with Gasteiger partial charge in [-0.05, 0) is 42.9 Å². The molecule has 2 heteroatoms. The SMILES string of the molecule is Nc1ccc([C@@H]2CCC[C@@H](O)C2)cc1. The van der Waals surface area contributed by atoms with E-state index in [1.165, 1.54) is 12.0 Å². The second kappa shape index (κ2) is 4.01. The van der Waals surface area contributed by atoms with Gasteiger partial charge in [0.15, 0.2) is 0 Å². The summed E-state index contributed by atoms with van der Waals surface area (Å²) in [5, 5.41) is 9.57. The number of nitrogens with two attached hydrogens (primary N) is 1. The molecule has 1 aliphatic carbocycles. The monoisotopic (exact) mass is 191 g/mol. The topological polar surface area (TPSA) is 46.2 Å². The first-order valence-electron chi connectivity index (χ1n) is 5.29. The lowest BCUT2D eigenvalue weighted by molar-refractivity contribution is 0.119. The predicted molar refractivity (Wildman–Crippen MR) is 58.1 cm³/mol. The molecule has 1 saturated carbocycles. The molecule has 0 bridgehead atoms. The summed E-state index contributed by atoms with van der Waals surface area (Å²) in [6, 6.07) is 8.04. The summed E-state index contributed by atoms with van der Waals surface area (Å²) in [5.74, 6) is 0.527. The molecule has 0 aromatic heterocycles. The fraction of sp³-hybridized carbons (Fsp3) is 0.500. The molecule has 0 spiro atoms. The quantitative estimate of drug-likeness (QED) is 0.669. The molecule has 14 heavy (non-hydrogen) atoms. The van der Waals surface area contributed by atoms with E-state index in [2.05, 4.69) is 12.1 Å². The van der Waals surface area contributed by atoms with Gasteiger partial charge in [-0.1, -0.05) is 18.6 Å². The molecule has 0 unspecified atom stereocenters. The van der Waals surface area contributed by atoms with E-state index in [1.807, 2.05) is 12.1 Å². The van der Waals surface area contributed by atoms with Gasteiger partial charge in [-0.2, -0.15) is 0 Å². The molecule has 0 heterocycles. The molecule has 3 N–H and O–H groups in total. The van der Waals surface area contributed by atoms with Crippen molar-refractivity contribution >= 4 is 5.69 Å². The Balaban J connectivity index is 2.10. The summed E-state index contributed by atoms with van der Waals surface area (Å²) in [6.45, 7) is 0. The fourth-order valence-corrected chi connectivity index (χ4v) is 2.23. The molecule has 0 radical (unpaired) electrons. The number of nitrogen functional groups attached to an aromatic ring is 1. The van der Waals surface area contributed by atoms with E-state index in [4.69, 9.17) is 5.73 Å². The van der Waals surface area contributed by atoms with Gasteiger partial charge in [0.1, 0.15) is 0 Å². The molecule has 2 nitrogen and oxygen atoms in total. The first-order valence-corrected chi connectivity index (χ1v) is 5.29. The first kappa shape index (κ1) is 9.53. The number of benzene rings is 1. The third kappa shape index (κ3) is 2.07. The Morgan fingerprint density at radius 2 is 1.86 bits per heavy atom. The maximum absolute atomic E-state index is 9.57. The largest absolute Gasteiger partial charge is 0.399 e. The van der Waals surface area contributed by atoms with Gasteiger partial charge >= 0.3 is 0 Å². The zero-order chi connectivity index (χ0) is 9.97. The van der Waals surface area contributed by atoms with Crippen molar-refractivity contribution in [3.63, 3.8) is 0 Å². The van der Waals surface area contributed by atoms with Crippen LogP contribution in [-0.2, 0) is 0 Å². The molecule has 1 aromatic rings. The molecule has 1 aliphatic rings. The minimum Gasteiger partial charge on any atom is -0.399 e. The number of hydrogen-bond acceptors (Lipinski definition) is 2. The van der Waals surface area contributed by atoms with Crippen molar-refractivity contribution in [1.29, 1.82) is 0 Å². The summed E-state index contributed by atoms with van der Waals surface area (Å²) in [5.41, 5.74) is 7.76. The van der Waals surface area contributed by atoms with Crippen molar-refractivity contribution in [2.75, 3.05) is 5.73 Å². The summed E-state index contributed by atoms with van der Waals surface area (Å²) < 4.78 is 0. The van der Waals surface area contributed by atoms with Gasteiger partial charge in [-0.25, -0.2) is 0 Å². The Morgan fingerprint density at radius 1 is 1.14 bits per heavy atom. The van der Waals surface area contributed by atoms with Gasteiger partial charge < -0.3 is 10.8 Å². The van der Waals surface area contributed by atoms with Gasteiger partial charge in [0.2, 0.25) is 0 Å². The van der Waals surface area contributed by atoms with Crippen molar-refractivity contribution in [2.24, 2.45) is 0 Å². The van der Waals surface area contributed by atoms with E-state index in [0.29, 0.717) is 5.92 Å².